The molecule has 208 valence electrons. The fraction of sp³-hybridized carbons (Fsp3) is 0.0256. The van der Waals surface area contributed by atoms with Crippen LogP contribution in [0, 0.1) is 0 Å². The Bertz CT molecular complexity index is 2420. The molecule has 4 nitrogen and oxygen atoms in total. The molecule has 1 aliphatic heterocycles. The molecule has 1 atom stereocenters. The van der Waals surface area contributed by atoms with E-state index in [1.54, 1.807) is 0 Å². The minimum Gasteiger partial charge on any atom is -0.456 e. The Kier molecular flexibility index (Phi) is 5.71. The van der Waals surface area contributed by atoms with E-state index in [9.17, 15) is 0 Å². The van der Waals surface area contributed by atoms with Crippen LogP contribution in [-0.4, -0.2) is 11.7 Å². The Morgan fingerprint density at radius 2 is 1.14 bits per heavy atom. The van der Waals surface area contributed by atoms with E-state index in [1.165, 1.54) is 25.7 Å². The second-order valence-electron chi connectivity index (χ2n) is 11.1. The van der Waals surface area contributed by atoms with E-state index >= 15 is 0 Å². The van der Waals surface area contributed by atoms with E-state index in [0.29, 0.717) is 5.84 Å². The van der Waals surface area contributed by atoms with Crippen LogP contribution in [0.2, 0.25) is 0 Å². The topological polar surface area (TPSA) is 49.9 Å². The standard InChI is InChI=1S/C39H25N3OS/c1-3-9-24(10-4-1)37-40-38(25-11-5-2-6-12-25)42-39(41-37)28-17-19-30-29-18-15-26(21-33(29)43-34(30)22-28)27-16-20-32-31-13-7-8-14-35(31)44-36(32)23-27/h1-23,37H,(H,40,41,42). The van der Waals surface area contributed by atoms with Crippen LogP contribution in [0.5, 0.6) is 0 Å². The van der Waals surface area contributed by atoms with Gasteiger partial charge in [0, 0.05) is 42.1 Å². The molecule has 1 unspecified atom stereocenters. The Labute approximate surface area is 257 Å². The number of hydrogen-bond donors (Lipinski definition) is 1. The van der Waals surface area contributed by atoms with Crippen molar-refractivity contribution in [2.75, 3.05) is 0 Å². The fourth-order valence-corrected chi connectivity index (χ4v) is 7.27. The molecule has 1 N–H and O–H groups in total. The monoisotopic (exact) mass is 583 g/mol. The van der Waals surface area contributed by atoms with E-state index < -0.39 is 0 Å². The molecule has 0 radical (unpaired) electrons. The normalized spacial score (nSPS) is 15.0. The SMILES string of the molecule is c1ccc(C2=NC(c3ccc4c(c3)oc3cc(-c5ccc6c(c5)sc5ccccc56)ccc34)=NC(c3ccccc3)N2)cc1. The molecule has 0 saturated carbocycles. The summed E-state index contributed by atoms with van der Waals surface area (Å²) < 4.78 is 9.10. The van der Waals surface area contributed by atoms with Gasteiger partial charge < -0.3 is 9.73 Å². The molecule has 0 aliphatic carbocycles. The zero-order valence-corrected chi connectivity index (χ0v) is 24.4. The van der Waals surface area contributed by atoms with E-state index in [1.807, 2.05) is 47.7 Å². The van der Waals surface area contributed by atoms with Crippen molar-refractivity contribution in [3.05, 3.63) is 156 Å². The first-order chi connectivity index (χ1) is 21.8. The van der Waals surface area contributed by atoms with E-state index in [0.717, 1.165) is 50.0 Å². The highest BCUT2D eigenvalue weighted by Gasteiger charge is 2.21. The summed E-state index contributed by atoms with van der Waals surface area (Å²) >= 11 is 1.84. The lowest BCUT2D eigenvalue weighted by atomic mass is 10.0. The van der Waals surface area contributed by atoms with Gasteiger partial charge in [-0.2, -0.15) is 0 Å². The van der Waals surface area contributed by atoms with Crippen molar-refractivity contribution >= 4 is 65.1 Å². The van der Waals surface area contributed by atoms with Gasteiger partial charge in [0.2, 0.25) is 0 Å². The van der Waals surface area contributed by atoms with Gasteiger partial charge in [-0.1, -0.05) is 103 Å². The van der Waals surface area contributed by atoms with Gasteiger partial charge in [-0.25, -0.2) is 9.98 Å². The average Bonchev–Trinajstić information content (AvgIpc) is 3.65. The molecule has 0 saturated heterocycles. The van der Waals surface area contributed by atoms with Crippen LogP contribution >= 0.6 is 11.3 Å². The molecule has 0 amide bonds. The third-order valence-electron chi connectivity index (χ3n) is 8.35. The van der Waals surface area contributed by atoms with Gasteiger partial charge in [0.25, 0.3) is 0 Å². The van der Waals surface area contributed by atoms with Crippen molar-refractivity contribution in [3.63, 3.8) is 0 Å². The number of amidine groups is 2. The summed E-state index contributed by atoms with van der Waals surface area (Å²) in [6.07, 6.45) is -0.244. The zero-order chi connectivity index (χ0) is 29.0. The number of aliphatic imine (C=N–C) groups is 2. The van der Waals surface area contributed by atoms with Gasteiger partial charge in [-0.05, 0) is 53.1 Å². The number of nitrogens with zero attached hydrogens (tertiary/aromatic N) is 2. The van der Waals surface area contributed by atoms with Crippen LogP contribution in [-0.2, 0) is 0 Å². The summed E-state index contributed by atoms with van der Waals surface area (Å²) in [5.41, 5.74) is 7.04. The molecule has 9 rings (SSSR count). The maximum Gasteiger partial charge on any atom is 0.159 e. The first-order valence-electron chi connectivity index (χ1n) is 14.7. The van der Waals surface area contributed by atoms with Gasteiger partial charge in [-0.3, -0.25) is 0 Å². The molecular weight excluding hydrogens is 559 g/mol. The highest BCUT2D eigenvalue weighted by Crippen LogP contribution is 2.38. The summed E-state index contributed by atoms with van der Waals surface area (Å²) in [5.74, 6) is 1.48. The third kappa shape index (κ3) is 4.21. The quantitative estimate of drug-likeness (QED) is 0.224. The summed E-state index contributed by atoms with van der Waals surface area (Å²) in [7, 11) is 0. The van der Waals surface area contributed by atoms with Gasteiger partial charge in [0.05, 0.1) is 0 Å². The molecule has 1 aliphatic rings. The maximum atomic E-state index is 6.49. The minimum absolute atomic E-state index is 0.244. The number of rotatable bonds is 4. The van der Waals surface area contributed by atoms with Crippen molar-refractivity contribution in [2.24, 2.45) is 9.98 Å². The maximum absolute atomic E-state index is 6.49. The summed E-state index contributed by atoms with van der Waals surface area (Å²) in [5, 5.41) is 8.32. The summed E-state index contributed by atoms with van der Waals surface area (Å²) in [6.45, 7) is 0. The second kappa shape index (κ2) is 10.0. The lowest BCUT2D eigenvalue weighted by molar-refractivity contribution is 0.667. The number of thiophene rings is 1. The van der Waals surface area contributed by atoms with Gasteiger partial charge in [0.15, 0.2) is 5.84 Å². The molecule has 44 heavy (non-hydrogen) atoms. The Morgan fingerprint density at radius 1 is 0.523 bits per heavy atom. The molecule has 2 aromatic heterocycles. The number of furan rings is 1. The fourth-order valence-electron chi connectivity index (χ4n) is 6.13. The lowest BCUT2D eigenvalue weighted by Crippen LogP contribution is -2.33. The lowest BCUT2D eigenvalue weighted by Gasteiger charge is -2.23. The van der Waals surface area contributed by atoms with Gasteiger partial charge in [0.1, 0.15) is 23.2 Å². The molecule has 0 bridgehead atoms. The van der Waals surface area contributed by atoms with Crippen molar-refractivity contribution in [3.8, 4) is 11.1 Å². The minimum atomic E-state index is -0.244. The second-order valence-corrected chi connectivity index (χ2v) is 12.2. The smallest absolute Gasteiger partial charge is 0.159 e. The van der Waals surface area contributed by atoms with Crippen LogP contribution in [0.25, 0.3) is 53.2 Å². The van der Waals surface area contributed by atoms with Crippen LogP contribution < -0.4 is 5.32 Å². The molecule has 5 heteroatoms. The average molecular weight is 584 g/mol. The predicted octanol–water partition coefficient (Wildman–Crippen LogP) is 10.1. The first kappa shape index (κ1) is 25.0. The Hall–Kier alpha value is -5.52. The molecule has 8 aromatic rings. The first-order valence-corrected chi connectivity index (χ1v) is 15.5. The number of hydrogen-bond acceptors (Lipinski definition) is 5. The van der Waals surface area contributed by atoms with Crippen molar-refractivity contribution in [1.82, 2.24) is 5.32 Å². The Morgan fingerprint density at radius 3 is 1.93 bits per heavy atom. The summed E-state index contributed by atoms with van der Waals surface area (Å²) in [6, 6.07) is 48.6. The molecule has 0 spiro atoms. The predicted molar refractivity (Wildman–Crippen MR) is 184 cm³/mol. The number of fused-ring (bicyclic) bond motifs is 6. The van der Waals surface area contributed by atoms with Gasteiger partial charge >= 0.3 is 0 Å². The molecular formula is C39H25N3OS. The highest BCUT2D eigenvalue weighted by atomic mass is 32.1. The zero-order valence-electron chi connectivity index (χ0n) is 23.6. The van der Waals surface area contributed by atoms with Crippen molar-refractivity contribution < 1.29 is 4.42 Å². The number of nitrogens with one attached hydrogen (secondary N) is 1. The highest BCUT2D eigenvalue weighted by molar-refractivity contribution is 7.25. The molecule has 0 fully saturated rings. The van der Waals surface area contributed by atoms with Crippen LogP contribution in [0.15, 0.2) is 154 Å². The largest absolute Gasteiger partial charge is 0.456 e. The van der Waals surface area contributed by atoms with Crippen LogP contribution in [0.3, 0.4) is 0 Å². The van der Waals surface area contributed by atoms with E-state index in [-0.39, 0.29) is 6.17 Å². The third-order valence-corrected chi connectivity index (χ3v) is 9.48. The van der Waals surface area contributed by atoms with Gasteiger partial charge in [-0.15, -0.1) is 11.3 Å². The molecule has 6 aromatic carbocycles. The molecule has 3 heterocycles. The van der Waals surface area contributed by atoms with E-state index in [4.69, 9.17) is 14.4 Å². The summed E-state index contributed by atoms with van der Waals surface area (Å²) in [4.78, 5) is 10.00. The van der Waals surface area contributed by atoms with Crippen LogP contribution in [0.1, 0.15) is 22.9 Å². The Balaban J connectivity index is 1.12. The van der Waals surface area contributed by atoms with E-state index in [2.05, 4.69) is 108 Å². The van der Waals surface area contributed by atoms with Crippen LogP contribution in [0.4, 0.5) is 0 Å². The van der Waals surface area contributed by atoms with Crippen molar-refractivity contribution in [1.29, 1.82) is 0 Å². The number of benzene rings is 6. The van der Waals surface area contributed by atoms with Crippen molar-refractivity contribution in [2.45, 2.75) is 6.17 Å².